The van der Waals surface area contributed by atoms with Gasteiger partial charge in [0, 0.05) is 5.54 Å². The van der Waals surface area contributed by atoms with Crippen LogP contribution in [0.1, 0.15) is 54.9 Å². The summed E-state index contributed by atoms with van der Waals surface area (Å²) < 4.78 is 11.2. The van der Waals surface area contributed by atoms with Crippen molar-refractivity contribution in [2.45, 2.75) is 83.8 Å². The Hall–Kier alpha value is -0.770. The molecule has 0 bridgehead atoms. The Bertz CT molecular complexity index is 368. The molecular weight excluding hydrogens is 230 g/mol. The first-order valence-electron chi connectivity index (χ1n) is 6.64. The predicted molar refractivity (Wildman–Crippen MR) is 69.5 cm³/mol. The third-order valence-electron chi connectivity index (χ3n) is 3.74. The summed E-state index contributed by atoms with van der Waals surface area (Å²) in [7, 11) is 0. The Morgan fingerprint density at radius 3 is 2.33 bits per heavy atom. The number of carbonyl (C=O) groups is 1. The minimum Gasteiger partial charge on any atom is -0.444 e. The van der Waals surface area contributed by atoms with E-state index in [4.69, 9.17) is 9.47 Å². The Morgan fingerprint density at radius 1 is 1.28 bits per heavy atom. The van der Waals surface area contributed by atoms with Gasteiger partial charge in [0.2, 0.25) is 0 Å². The lowest BCUT2D eigenvalue weighted by molar-refractivity contribution is -0.0439. The van der Waals surface area contributed by atoms with E-state index in [1.54, 1.807) is 0 Å². The van der Waals surface area contributed by atoms with Crippen LogP contribution in [0, 0.1) is 0 Å². The molecule has 0 N–H and O–H groups in total. The first-order valence-corrected chi connectivity index (χ1v) is 6.64. The van der Waals surface area contributed by atoms with Gasteiger partial charge in [0.25, 0.3) is 0 Å². The quantitative estimate of drug-likeness (QED) is 0.625. The Morgan fingerprint density at radius 2 is 1.83 bits per heavy atom. The van der Waals surface area contributed by atoms with Gasteiger partial charge in [-0.1, -0.05) is 0 Å². The molecule has 0 spiro atoms. The lowest BCUT2D eigenvalue weighted by atomic mass is 9.80. The van der Waals surface area contributed by atoms with Crippen LogP contribution < -0.4 is 0 Å². The van der Waals surface area contributed by atoms with Crippen molar-refractivity contribution in [2.24, 2.45) is 0 Å². The molecule has 2 saturated heterocycles. The largest absolute Gasteiger partial charge is 0.444 e. The van der Waals surface area contributed by atoms with Crippen molar-refractivity contribution in [3.05, 3.63) is 0 Å². The summed E-state index contributed by atoms with van der Waals surface area (Å²) in [6.45, 7) is 14.0. The van der Waals surface area contributed by atoms with Crippen LogP contribution in [0.15, 0.2) is 0 Å². The number of carbonyl (C=O) groups excluding carboxylic acids is 1. The van der Waals surface area contributed by atoms with Crippen LogP contribution in [-0.4, -0.2) is 39.9 Å². The fourth-order valence-electron chi connectivity index (χ4n) is 3.20. The van der Waals surface area contributed by atoms with E-state index < -0.39 is 5.60 Å². The molecule has 1 amide bonds. The average molecular weight is 255 g/mol. The van der Waals surface area contributed by atoms with Gasteiger partial charge in [-0.25, -0.2) is 4.79 Å². The first-order chi connectivity index (χ1) is 7.95. The number of hydrogen-bond acceptors (Lipinski definition) is 3. The molecule has 0 saturated carbocycles. The van der Waals surface area contributed by atoms with Crippen molar-refractivity contribution in [1.82, 2.24) is 4.90 Å². The van der Waals surface area contributed by atoms with Crippen molar-refractivity contribution in [3.8, 4) is 0 Å². The van der Waals surface area contributed by atoms with E-state index in [0.29, 0.717) is 6.10 Å². The topological polar surface area (TPSA) is 42.1 Å². The van der Waals surface area contributed by atoms with Crippen molar-refractivity contribution in [2.75, 3.05) is 0 Å². The molecule has 0 aromatic rings. The smallest absolute Gasteiger partial charge is 0.411 e. The van der Waals surface area contributed by atoms with Crippen LogP contribution >= 0.6 is 0 Å². The molecule has 4 nitrogen and oxygen atoms in total. The van der Waals surface area contributed by atoms with Gasteiger partial charge in [-0.2, -0.15) is 0 Å². The second-order valence-corrected chi connectivity index (χ2v) is 7.58. The van der Waals surface area contributed by atoms with Crippen LogP contribution in [0.25, 0.3) is 0 Å². The Labute approximate surface area is 110 Å². The molecule has 2 atom stereocenters. The molecule has 2 aliphatic heterocycles. The van der Waals surface area contributed by atoms with Gasteiger partial charge >= 0.3 is 6.09 Å². The van der Waals surface area contributed by atoms with Gasteiger partial charge in [0.1, 0.15) is 11.7 Å². The van der Waals surface area contributed by atoms with Gasteiger partial charge < -0.3 is 9.47 Å². The molecule has 2 fully saturated rings. The summed E-state index contributed by atoms with van der Waals surface area (Å²) in [5.74, 6) is 0. The zero-order valence-electron chi connectivity index (χ0n) is 12.5. The second-order valence-electron chi connectivity index (χ2n) is 7.58. The summed E-state index contributed by atoms with van der Waals surface area (Å²) in [5.41, 5.74) is -1.01. The number of nitrogens with zero attached hydrogens (tertiary/aromatic N) is 1. The van der Waals surface area contributed by atoms with Gasteiger partial charge in [-0.15, -0.1) is 0 Å². The molecule has 4 heteroatoms. The molecule has 18 heavy (non-hydrogen) atoms. The van der Waals surface area contributed by atoms with E-state index in [1.807, 2.05) is 25.7 Å². The van der Waals surface area contributed by atoms with E-state index in [9.17, 15) is 4.79 Å². The van der Waals surface area contributed by atoms with Gasteiger partial charge in [-0.3, -0.25) is 4.90 Å². The van der Waals surface area contributed by atoms with E-state index in [0.717, 1.165) is 6.42 Å². The second kappa shape index (κ2) is 3.62. The standard InChI is InChI=1S/C14H25NO3/c1-12(2,3)18-11(16)15-13(4,5)8-9-10(17-9)14(15,6)7/h9-10H,8H2,1-7H3. The van der Waals surface area contributed by atoms with Crippen molar-refractivity contribution < 1.29 is 14.3 Å². The normalized spacial score (nSPS) is 32.7. The molecule has 0 radical (unpaired) electrons. The molecule has 0 aromatic carbocycles. The van der Waals surface area contributed by atoms with Crippen LogP contribution in [-0.2, 0) is 9.47 Å². The molecule has 2 rings (SSSR count). The fraction of sp³-hybridized carbons (Fsp3) is 0.929. The molecule has 2 heterocycles. The highest BCUT2D eigenvalue weighted by Gasteiger charge is 2.63. The predicted octanol–water partition coefficient (Wildman–Crippen LogP) is 2.95. The summed E-state index contributed by atoms with van der Waals surface area (Å²) in [5, 5.41) is 0. The highest BCUT2D eigenvalue weighted by molar-refractivity contribution is 5.71. The molecular formula is C14H25NO3. The molecule has 104 valence electrons. The summed E-state index contributed by atoms with van der Waals surface area (Å²) in [6, 6.07) is 0. The summed E-state index contributed by atoms with van der Waals surface area (Å²) in [6.07, 6.45) is 1.08. The molecule has 0 aliphatic carbocycles. The van der Waals surface area contributed by atoms with Crippen molar-refractivity contribution >= 4 is 6.09 Å². The number of piperidine rings is 1. The number of ether oxygens (including phenoxy) is 2. The summed E-state index contributed by atoms with van der Waals surface area (Å²) >= 11 is 0. The van der Waals surface area contributed by atoms with Crippen molar-refractivity contribution in [1.29, 1.82) is 0 Å². The third-order valence-corrected chi connectivity index (χ3v) is 3.74. The summed E-state index contributed by atoms with van der Waals surface area (Å²) in [4.78, 5) is 14.3. The zero-order valence-corrected chi connectivity index (χ0v) is 12.5. The highest BCUT2D eigenvalue weighted by Crippen LogP contribution is 2.49. The van der Waals surface area contributed by atoms with Crippen LogP contribution in [0.3, 0.4) is 0 Å². The Kier molecular flexibility index (Phi) is 2.75. The van der Waals surface area contributed by atoms with Gasteiger partial charge in [0.05, 0.1) is 11.6 Å². The third kappa shape index (κ3) is 2.22. The highest BCUT2D eigenvalue weighted by atomic mass is 16.6. The maximum atomic E-state index is 12.5. The number of hydrogen-bond donors (Lipinski definition) is 0. The minimum atomic E-state index is -0.468. The van der Waals surface area contributed by atoms with E-state index >= 15 is 0 Å². The van der Waals surface area contributed by atoms with Crippen LogP contribution in [0.4, 0.5) is 4.79 Å². The number of rotatable bonds is 0. The molecule has 0 aromatic heterocycles. The maximum Gasteiger partial charge on any atom is 0.411 e. The van der Waals surface area contributed by atoms with E-state index in [1.165, 1.54) is 0 Å². The molecule has 2 unspecified atom stereocenters. The van der Waals surface area contributed by atoms with Gasteiger partial charge in [-0.05, 0) is 54.9 Å². The number of epoxide rings is 1. The van der Waals surface area contributed by atoms with E-state index in [-0.39, 0.29) is 23.3 Å². The van der Waals surface area contributed by atoms with Crippen LogP contribution in [0.5, 0.6) is 0 Å². The average Bonchev–Trinajstić information content (AvgIpc) is 2.75. The minimum absolute atomic E-state index is 0.151. The lowest BCUT2D eigenvalue weighted by Gasteiger charge is -2.50. The van der Waals surface area contributed by atoms with Crippen LogP contribution in [0.2, 0.25) is 0 Å². The lowest BCUT2D eigenvalue weighted by Crippen LogP contribution is -2.64. The first kappa shape index (κ1) is 13.7. The maximum absolute atomic E-state index is 12.5. The number of amides is 1. The van der Waals surface area contributed by atoms with Crippen molar-refractivity contribution in [3.63, 3.8) is 0 Å². The molecule has 2 aliphatic rings. The van der Waals surface area contributed by atoms with E-state index in [2.05, 4.69) is 27.7 Å². The fourth-order valence-corrected chi connectivity index (χ4v) is 3.20. The Balaban J connectivity index is 2.25. The zero-order chi connectivity index (χ0) is 13.9. The monoisotopic (exact) mass is 255 g/mol. The SMILES string of the molecule is CC(C)(C)OC(=O)N1C(C)(C)CC2OC2C1(C)C. The number of likely N-dealkylation sites (tertiary alicyclic amines) is 1. The van der Waals surface area contributed by atoms with Gasteiger partial charge in [0.15, 0.2) is 0 Å². The number of fused-ring (bicyclic) bond motifs is 1.